The third kappa shape index (κ3) is 4.68. The predicted molar refractivity (Wildman–Crippen MR) is 102 cm³/mol. The van der Waals surface area contributed by atoms with Gasteiger partial charge in [0.1, 0.15) is 5.82 Å². The van der Waals surface area contributed by atoms with Crippen LogP contribution in [0.4, 0.5) is 4.39 Å². The maximum Gasteiger partial charge on any atom is 0.256 e. The second kappa shape index (κ2) is 7.86. The number of nitrogens with zero attached hydrogens (tertiary/aromatic N) is 3. The molecule has 1 aliphatic carbocycles. The number of halogens is 1. The first-order chi connectivity index (χ1) is 13.0. The molecule has 27 heavy (non-hydrogen) atoms. The fourth-order valence-corrected chi connectivity index (χ4v) is 4.34. The number of piperidine rings is 1. The summed E-state index contributed by atoms with van der Waals surface area (Å²) in [7, 11) is 0. The van der Waals surface area contributed by atoms with Crippen molar-refractivity contribution in [2.75, 3.05) is 45.8 Å². The fourth-order valence-electron chi connectivity index (χ4n) is 4.34. The van der Waals surface area contributed by atoms with E-state index >= 15 is 0 Å². The van der Waals surface area contributed by atoms with Crippen molar-refractivity contribution in [1.29, 1.82) is 0 Å². The summed E-state index contributed by atoms with van der Waals surface area (Å²) in [5.41, 5.74) is -0.403. The van der Waals surface area contributed by atoms with Crippen molar-refractivity contribution in [3.8, 4) is 0 Å². The van der Waals surface area contributed by atoms with E-state index in [1.807, 2.05) is 0 Å². The standard InChI is InChI=1S/C21H30FN3O2/c22-19-6-4-18(5-7-19)15-25-9-1-8-21(27,20(25)26)16-24-12-10-23(11-13-24)14-17-2-3-17/h4-7,17,27H,1-3,8-16H2. The second-order valence-corrected chi connectivity index (χ2v) is 8.51. The van der Waals surface area contributed by atoms with E-state index in [9.17, 15) is 14.3 Å². The van der Waals surface area contributed by atoms with Crippen LogP contribution in [0.3, 0.4) is 0 Å². The van der Waals surface area contributed by atoms with Crippen molar-refractivity contribution in [2.45, 2.75) is 37.8 Å². The smallest absolute Gasteiger partial charge is 0.256 e. The first-order valence-corrected chi connectivity index (χ1v) is 10.2. The van der Waals surface area contributed by atoms with Crippen LogP contribution in [0.2, 0.25) is 0 Å². The third-order valence-corrected chi connectivity index (χ3v) is 6.15. The number of amides is 1. The molecular weight excluding hydrogens is 345 g/mol. The number of rotatable bonds is 6. The lowest BCUT2D eigenvalue weighted by molar-refractivity contribution is -0.160. The monoisotopic (exact) mass is 375 g/mol. The van der Waals surface area contributed by atoms with E-state index in [1.54, 1.807) is 17.0 Å². The van der Waals surface area contributed by atoms with Gasteiger partial charge in [0.05, 0.1) is 0 Å². The van der Waals surface area contributed by atoms with Crippen molar-refractivity contribution in [3.05, 3.63) is 35.6 Å². The molecule has 4 rings (SSSR count). The summed E-state index contributed by atoms with van der Waals surface area (Å²) in [5.74, 6) is 0.445. The molecular formula is C21H30FN3O2. The zero-order chi connectivity index (χ0) is 18.9. The number of carbonyl (C=O) groups is 1. The molecule has 1 N–H and O–H groups in total. The van der Waals surface area contributed by atoms with Crippen LogP contribution in [0.25, 0.3) is 0 Å². The lowest BCUT2D eigenvalue weighted by atomic mass is 9.90. The third-order valence-electron chi connectivity index (χ3n) is 6.15. The first-order valence-electron chi connectivity index (χ1n) is 10.2. The van der Waals surface area contributed by atoms with Gasteiger partial charge >= 0.3 is 0 Å². The zero-order valence-corrected chi connectivity index (χ0v) is 15.9. The van der Waals surface area contributed by atoms with Crippen LogP contribution in [0, 0.1) is 11.7 Å². The van der Waals surface area contributed by atoms with Gasteiger partial charge in [-0.2, -0.15) is 0 Å². The van der Waals surface area contributed by atoms with E-state index in [4.69, 9.17) is 0 Å². The van der Waals surface area contributed by atoms with Gasteiger partial charge in [0.15, 0.2) is 5.60 Å². The molecule has 0 bridgehead atoms. The first kappa shape index (κ1) is 18.8. The van der Waals surface area contributed by atoms with Gasteiger partial charge in [-0.25, -0.2) is 4.39 Å². The van der Waals surface area contributed by atoms with E-state index in [-0.39, 0.29) is 11.7 Å². The van der Waals surface area contributed by atoms with Crippen LogP contribution in [-0.2, 0) is 11.3 Å². The SMILES string of the molecule is O=C1N(Cc2ccc(F)cc2)CCCC1(O)CN1CCN(CC2CC2)CC1. The van der Waals surface area contributed by atoms with Crippen LogP contribution in [0.5, 0.6) is 0 Å². The molecule has 5 nitrogen and oxygen atoms in total. The Morgan fingerprint density at radius 3 is 2.37 bits per heavy atom. The Morgan fingerprint density at radius 1 is 1.04 bits per heavy atom. The molecule has 148 valence electrons. The molecule has 1 aromatic rings. The number of benzene rings is 1. The van der Waals surface area contributed by atoms with Gasteiger partial charge in [-0.1, -0.05) is 12.1 Å². The van der Waals surface area contributed by atoms with Gasteiger partial charge in [0.25, 0.3) is 5.91 Å². The van der Waals surface area contributed by atoms with Gasteiger partial charge in [-0.3, -0.25) is 9.69 Å². The Bertz CT molecular complexity index is 656. The molecule has 2 aliphatic heterocycles. The van der Waals surface area contributed by atoms with Crippen molar-refractivity contribution in [3.63, 3.8) is 0 Å². The molecule has 1 amide bonds. The largest absolute Gasteiger partial charge is 0.379 e. The van der Waals surface area contributed by atoms with E-state index in [1.165, 1.54) is 31.5 Å². The molecule has 2 saturated heterocycles. The highest BCUT2D eigenvalue weighted by Gasteiger charge is 2.43. The van der Waals surface area contributed by atoms with Crippen LogP contribution in [-0.4, -0.2) is 77.1 Å². The van der Waals surface area contributed by atoms with Crippen molar-refractivity contribution < 1.29 is 14.3 Å². The molecule has 1 saturated carbocycles. The van der Waals surface area contributed by atoms with E-state index in [2.05, 4.69) is 9.80 Å². The molecule has 1 atom stereocenters. The van der Waals surface area contributed by atoms with Crippen LogP contribution < -0.4 is 0 Å². The number of hydrogen-bond donors (Lipinski definition) is 1. The molecule has 3 aliphatic rings. The highest BCUT2D eigenvalue weighted by molar-refractivity contribution is 5.86. The highest BCUT2D eigenvalue weighted by Crippen LogP contribution is 2.30. The average Bonchev–Trinajstić information content (AvgIpc) is 3.47. The van der Waals surface area contributed by atoms with Crippen molar-refractivity contribution in [2.24, 2.45) is 5.92 Å². The minimum atomic E-state index is -1.29. The summed E-state index contributed by atoms with van der Waals surface area (Å²) >= 11 is 0. The Morgan fingerprint density at radius 2 is 1.70 bits per heavy atom. The Hall–Kier alpha value is -1.50. The Kier molecular flexibility index (Phi) is 5.48. The second-order valence-electron chi connectivity index (χ2n) is 8.51. The van der Waals surface area contributed by atoms with Gasteiger partial charge in [-0.15, -0.1) is 0 Å². The average molecular weight is 375 g/mol. The number of aliphatic hydroxyl groups is 1. The van der Waals surface area contributed by atoms with Gasteiger partial charge in [0, 0.05) is 52.4 Å². The maximum atomic E-state index is 13.1. The zero-order valence-electron chi connectivity index (χ0n) is 15.9. The lowest BCUT2D eigenvalue weighted by Gasteiger charge is -2.43. The summed E-state index contributed by atoms with van der Waals surface area (Å²) in [6.07, 6.45) is 4.07. The molecule has 6 heteroatoms. The molecule has 0 radical (unpaired) electrons. The van der Waals surface area contributed by atoms with Crippen LogP contribution in [0.1, 0.15) is 31.2 Å². The van der Waals surface area contributed by atoms with Crippen LogP contribution >= 0.6 is 0 Å². The Balaban J connectivity index is 1.32. The number of likely N-dealkylation sites (tertiary alicyclic amines) is 1. The normalized spacial score (nSPS) is 27.9. The molecule has 0 spiro atoms. The molecule has 2 heterocycles. The highest BCUT2D eigenvalue weighted by atomic mass is 19.1. The fraction of sp³-hybridized carbons (Fsp3) is 0.667. The van der Waals surface area contributed by atoms with E-state index in [0.29, 0.717) is 26.1 Å². The quantitative estimate of drug-likeness (QED) is 0.822. The number of β-amino-alcohol motifs (C(OH)–C–C–N with tert-alkyl or cyclic N) is 1. The number of piperazine rings is 1. The van der Waals surface area contributed by atoms with Gasteiger partial charge in [0.2, 0.25) is 0 Å². The minimum Gasteiger partial charge on any atom is -0.379 e. The molecule has 1 unspecified atom stereocenters. The maximum absolute atomic E-state index is 13.1. The van der Waals surface area contributed by atoms with Gasteiger partial charge < -0.3 is 14.9 Å². The van der Waals surface area contributed by atoms with Crippen LogP contribution in [0.15, 0.2) is 24.3 Å². The Labute approximate surface area is 160 Å². The van der Waals surface area contributed by atoms with E-state index in [0.717, 1.165) is 44.1 Å². The van der Waals surface area contributed by atoms with Crippen molar-refractivity contribution >= 4 is 5.91 Å². The predicted octanol–water partition coefficient (Wildman–Crippen LogP) is 1.71. The van der Waals surface area contributed by atoms with Gasteiger partial charge in [-0.05, 0) is 49.3 Å². The number of hydrogen-bond acceptors (Lipinski definition) is 4. The lowest BCUT2D eigenvalue weighted by Crippen LogP contribution is -2.60. The molecule has 0 aromatic heterocycles. The minimum absolute atomic E-state index is 0.182. The summed E-state index contributed by atoms with van der Waals surface area (Å²) in [5, 5.41) is 11.1. The summed E-state index contributed by atoms with van der Waals surface area (Å²) in [6, 6.07) is 6.23. The molecule has 1 aromatic carbocycles. The summed E-state index contributed by atoms with van der Waals surface area (Å²) in [4.78, 5) is 19.5. The topological polar surface area (TPSA) is 47.0 Å². The number of carbonyl (C=O) groups excluding carboxylic acids is 1. The summed E-state index contributed by atoms with van der Waals surface area (Å²) in [6.45, 7) is 6.59. The van der Waals surface area contributed by atoms with E-state index < -0.39 is 5.60 Å². The summed E-state index contributed by atoms with van der Waals surface area (Å²) < 4.78 is 13.1. The van der Waals surface area contributed by atoms with Crippen molar-refractivity contribution in [1.82, 2.24) is 14.7 Å². The molecule has 3 fully saturated rings.